The molecule has 9 heteroatoms. The van der Waals surface area contributed by atoms with Gasteiger partial charge in [0.1, 0.15) is 23.9 Å². The molecular weight excluding hydrogens is 443 g/mol. The molecule has 0 radical (unpaired) electrons. The van der Waals surface area contributed by atoms with E-state index in [1.165, 1.54) is 18.2 Å². The van der Waals surface area contributed by atoms with Crippen molar-refractivity contribution in [2.24, 2.45) is 0 Å². The lowest BCUT2D eigenvalue weighted by atomic mass is 10.2. The molecule has 1 aliphatic heterocycles. The Morgan fingerprint density at radius 1 is 1.13 bits per heavy atom. The first-order chi connectivity index (χ1) is 14.9. The van der Waals surface area contributed by atoms with Crippen LogP contribution in [0.4, 0.5) is 14.9 Å². The van der Waals surface area contributed by atoms with Crippen LogP contribution in [0.25, 0.3) is 17.4 Å². The molecule has 3 aromatic rings. The number of benzene rings is 2. The molecule has 1 N–H and O–H groups in total. The summed E-state index contributed by atoms with van der Waals surface area (Å²) in [5.41, 5.74) is 1.01. The van der Waals surface area contributed by atoms with Gasteiger partial charge in [-0.05, 0) is 54.2 Å². The number of carbonyl (C=O) groups excluding carboxylic acids is 3. The highest BCUT2D eigenvalue weighted by Crippen LogP contribution is 2.33. The zero-order valence-corrected chi connectivity index (χ0v) is 17.4. The van der Waals surface area contributed by atoms with Crippen molar-refractivity contribution in [3.63, 3.8) is 0 Å². The molecule has 31 heavy (non-hydrogen) atoms. The van der Waals surface area contributed by atoms with Gasteiger partial charge in [0.2, 0.25) is 5.91 Å². The second-order valence-electron chi connectivity index (χ2n) is 6.54. The van der Waals surface area contributed by atoms with Gasteiger partial charge in [-0.15, -0.1) is 0 Å². The molecular formula is C22H14ClFN2O4S. The molecule has 0 bridgehead atoms. The molecule has 0 aliphatic carbocycles. The minimum atomic E-state index is -0.597. The second-order valence-corrected chi connectivity index (χ2v) is 7.97. The summed E-state index contributed by atoms with van der Waals surface area (Å²) in [7, 11) is 0. The smallest absolute Gasteiger partial charge is 0.294 e. The van der Waals surface area contributed by atoms with E-state index in [2.05, 4.69) is 5.32 Å². The van der Waals surface area contributed by atoms with E-state index < -0.39 is 29.4 Å². The largest absolute Gasteiger partial charge is 0.457 e. The van der Waals surface area contributed by atoms with Crippen molar-refractivity contribution in [1.82, 2.24) is 4.90 Å². The van der Waals surface area contributed by atoms with E-state index in [0.29, 0.717) is 39.6 Å². The van der Waals surface area contributed by atoms with Crippen molar-refractivity contribution in [3.8, 4) is 11.3 Å². The van der Waals surface area contributed by atoms with Gasteiger partial charge in [0.25, 0.3) is 11.1 Å². The quantitative estimate of drug-likeness (QED) is 0.519. The molecule has 0 unspecified atom stereocenters. The van der Waals surface area contributed by atoms with Crippen molar-refractivity contribution in [2.45, 2.75) is 0 Å². The van der Waals surface area contributed by atoms with Crippen LogP contribution in [-0.4, -0.2) is 28.5 Å². The number of halogens is 2. The van der Waals surface area contributed by atoms with Crippen LogP contribution >= 0.6 is 23.4 Å². The van der Waals surface area contributed by atoms with E-state index in [1.807, 2.05) is 0 Å². The third kappa shape index (κ3) is 4.87. The van der Waals surface area contributed by atoms with E-state index in [1.54, 1.807) is 48.5 Å². The molecule has 2 aromatic carbocycles. The van der Waals surface area contributed by atoms with E-state index in [-0.39, 0.29) is 4.91 Å². The summed E-state index contributed by atoms with van der Waals surface area (Å²) in [4.78, 5) is 38.1. The van der Waals surface area contributed by atoms with Crippen molar-refractivity contribution in [1.29, 1.82) is 0 Å². The fraction of sp³-hybridized carbons (Fsp3) is 0.0455. The summed E-state index contributed by atoms with van der Waals surface area (Å²) in [5.74, 6) is -0.774. The summed E-state index contributed by atoms with van der Waals surface area (Å²) in [6, 6.07) is 15.7. The van der Waals surface area contributed by atoms with Gasteiger partial charge >= 0.3 is 0 Å². The maximum atomic E-state index is 13.4. The van der Waals surface area contributed by atoms with Gasteiger partial charge in [0.05, 0.1) is 4.91 Å². The van der Waals surface area contributed by atoms with Gasteiger partial charge in [-0.1, -0.05) is 29.8 Å². The molecule has 4 rings (SSSR count). The van der Waals surface area contributed by atoms with E-state index in [9.17, 15) is 18.8 Å². The number of hydrogen-bond donors (Lipinski definition) is 1. The molecule has 0 spiro atoms. The van der Waals surface area contributed by atoms with Crippen molar-refractivity contribution >= 4 is 52.2 Å². The van der Waals surface area contributed by atoms with Gasteiger partial charge in [0.15, 0.2) is 0 Å². The predicted molar refractivity (Wildman–Crippen MR) is 117 cm³/mol. The molecule has 0 saturated carbocycles. The molecule has 1 aromatic heterocycles. The lowest BCUT2D eigenvalue weighted by Crippen LogP contribution is -2.36. The third-order valence-corrected chi connectivity index (χ3v) is 5.44. The topological polar surface area (TPSA) is 79.6 Å². The number of hydrogen-bond acceptors (Lipinski definition) is 5. The molecule has 156 valence electrons. The van der Waals surface area contributed by atoms with Crippen LogP contribution in [0.5, 0.6) is 0 Å². The Morgan fingerprint density at radius 3 is 2.71 bits per heavy atom. The average Bonchev–Trinajstić information content (AvgIpc) is 3.29. The zero-order chi connectivity index (χ0) is 22.0. The highest BCUT2D eigenvalue weighted by Gasteiger charge is 2.36. The van der Waals surface area contributed by atoms with Gasteiger partial charge in [-0.25, -0.2) is 4.39 Å². The fourth-order valence-corrected chi connectivity index (χ4v) is 3.91. The molecule has 2 heterocycles. The van der Waals surface area contributed by atoms with Crippen molar-refractivity contribution in [3.05, 3.63) is 82.2 Å². The molecule has 3 amide bonds. The second kappa shape index (κ2) is 8.79. The average molecular weight is 457 g/mol. The number of anilines is 1. The molecule has 1 aliphatic rings. The van der Waals surface area contributed by atoms with Crippen LogP contribution in [0.2, 0.25) is 5.02 Å². The van der Waals surface area contributed by atoms with Crippen LogP contribution in [0.15, 0.2) is 70.0 Å². The number of nitrogens with one attached hydrogen (secondary N) is 1. The van der Waals surface area contributed by atoms with Crippen LogP contribution in [0, 0.1) is 5.82 Å². The molecule has 1 fully saturated rings. The first-order valence-corrected chi connectivity index (χ1v) is 10.2. The minimum absolute atomic E-state index is 0.126. The Morgan fingerprint density at radius 2 is 1.94 bits per heavy atom. The fourth-order valence-electron chi connectivity index (χ4n) is 2.90. The Bertz CT molecular complexity index is 1220. The van der Waals surface area contributed by atoms with Crippen molar-refractivity contribution in [2.75, 3.05) is 11.9 Å². The number of amides is 3. The van der Waals surface area contributed by atoms with E-state index >= 15 is 0 Å². The van der Waals surface area contributed by atoms with Gasteiger partial charge in [-0.3, -0.25) is 19.3 Å². The Balaban J connectivity index is 1.45. The first kappa shape index (κ1) is 20.9. The van der Waals surface area contributed by atoms with E-state index in [0.717, 1.165) is 4.90 Å². The Kier molecular flexibility index (Phi) is 5.92. The number of furan rings is 1. The van der Waals surface area contributed by atoms with Crippen LogP contribution in [0.1, 0.15) is 5.76 Å². The highest BCUT2D eigenvalue weighted by molar-refractivity contribution is 8.18. The summed E-state index contributed by atoms with van der Waals surface area (Å²) >= 11 is 6.59. The number of rotatable bonds is 5. The van der Waals surface area contributed by atoms with Crippen LogP contribution < -0.4 is 5.32 Å². The number of imide groups is 1. The summed E-state index contributed by atoms with van der Waals surface area (Å²) in [6.45, 7) is -0.429. The van der Waals surface area contributed by atoms with Gasteiger partial charge < -0.3 is 9.73 Å². The molecule has 6 nitrogen and oxygen atoms in total. The Hall–Kier alpha value is -3.36. The maximum Gasteiger partial charge on any atom is 0.294 e. The molecule has 0 atom stereocenters. The van der Waals surface area contributed by atoms with Gasteiger partial charge in [0, 0.05) is 22.3 Å². The number of carbonyl (C=O) groups is 3. The number of thioether (sulfide) groups is 1. The summed E-state index contributed by atoms with van der Waals surface area (Å²) in [6.07, 6.45) is 1.42. The lowest BCUT2D eigenvalue weighted by molar-refractivity contribution is -0.127. The zero-order valence-electron chi connectivity index (χ0n) is 15.8. The highest BCUT2D eigenvalue weighted by atomic mass is 35.5. The van der Waals surface area contributed by atoms with E-state index in [4.69, 9.17) is 16.0 Å². The lowest BCUT2D eigenvalue weighted by Gasteiger charge is -2.12. The summed E-state index contributed by atoms with van der Waals surface area (Å²) < 4.78 is 19.0. The third-order valence-electron chi connectivity index (χ3n) is 4.29. The van der Waals surface area contributed by atoms with Crippen LogP contribution in [-0.2, 0) is 9.59 Å². The SMILES string of the molecule is O=C(CN1C(=O)S/C(=C\c2ccc(-c3cccc(F)c3)o2)C1=O)Nc1cccc(Cl)c1. The maximum absolute atomic E-state index is 13.4. The van der Waals surface area contributed by atoms with Gasteiger partial charge in [-0.2, -0.15) is 0 Å². The normalized spacial score (nSPS) is 15.0. The predicted octanol–water partition coefficient (Wildman–Crippen LogP) is 5.41. The number of nitrogens with zero attached hydrogens (tertiary/aromatic N) is 1. The van der Waals surface area contributed by atoms with Crippen molar-refractivity contribution < 1.29 is 23.2 Å². The monoisotopic (exact) mass is 456 g/mol. The molecule has 1 saturated heterocycles. The first-order valence-electron chi connectivity index (χ1n) is 9.05. The summed E-state index contributed by atoms with van der Waals surface area (Å²) in [5, 5.41) is 2.48. The standard InChI is InChI=1S/C22H14ClFN2O4S/c23-14-4-2-6-16(10-14)25-20(27)12-26-21(28)19(31-22(26)29)11-17-7-8-18(30-17)13-3-1-5-15(24)9-13/h1-11H,12H2,(H,25,27)/b19-11-. The van der Waals surface area contributed by atoms with Crippen LogP contribution in [0.3, 0.4) is 0 Å². The minimum Gasteiger partial charge on any atom is -0.457 e. The Labute approximate surface area is 185 Å².